The van der Waals surface area contributed by atoms with Gasteiger partial charge in [-0.05, 0) is 6.92 Å². The van der Waals surface area contributed by atoms with Crippen molar-refractivity contribution in [1.29, 1.82) is 0 Å². The van der Waals surface area contributed by atoms with Crippen LogP contribution in [0.1, 0.15) is 5.56 Å². The fourth-order valence-electron chi connectivity index (χ4n) is 0.823. The average molecular weight is 208 g/mol. The molecule has 1 rings (SSSR count). The molecule has 0 spiro atoms. The predicted octanol–water partition coefficient (Wildman–Crippen LogP) is 1.58. The molecule has 0 aromatic carbocycles. The van der Waals surface area contributed by atoms with E-state index in [1.165, 1.54) is 6.92 Å². The summed E-state index contributed by atoms with van der Waals surface area (Å²) in [5.74, 6) is -1.31. The van der Waals surface area contributed by atoms with E-state index in [0.717, 1.165) is 6.20 Å². The van der Waals surface area contributed by atoms with Crippen LogP contribution in [0.4, 0.5) is 19.0 Å². The molecule has 1 aromatic heterocycles. The van der Waals surface area contributed by atoms with Gasteiger partial charge >= 0.3 is 6.36 Å². The molecule has 7 heteroatoms. The highest BCUT2D eigenvalue weighted by atomic mass is 19.4. The lowest BCUT2D eigenvalue weighted by molar-refractivity contribution is -0.275. The van der Waals surface area contributed by atoms with Gasteiger partial charge in [0.1, 0.15) is 0 Å². The molecule has 0 bridgehead atoms. The van der Waals surface area contributed by atoms with Crippen molar-refractivity contribution in [3.63, 3.8) is 0 Å². The van der Waals surface area contributed by atoms with Crippen LogP contribution in [0.2, 0.25) is 0 Å². The Morgan fingerprint density at radius 1 is 1.50 bits per heavy atom. The molecular weight excluding hydrogens is 201 g/mol. The van der Waals surface area contributed by atoms with Gasteiger partial charge in [0.15, 0.2) is 17.3 Å². The SMILES string of the molecule is Cc1c(OC(F)(F)F)cnc(N)c1O. The minimum atomic E-state index is -4.81. The molecule has 78 valence electrons. The summed E-state index contributed by atoms with van der Waals surface area (Å²) in [6.07, 6.45) is -4.01. The van der Waals surface area contributed by atoms with Gasteiger partial charge in [-0.2, -0.15) is 0 Å². The predicted molar refractivity (Wildman–Crippen MR) is 41.7 cm³/mol. The van der Waals surface area contributed by atoms with E-state index in [9.17, 15) is 13.2 Å². The van der Waals surface area contributed by atoms with Crippen molar-refractivity contribution in [1.82, 2.24) is 4.98 Å². The molecule has 0 saturated carbocycles. The van der Waals surface area contributed by atoms with Gasteiger partial charge in [0.25, 0.3) is 0 Å². The zero-order valence-corrected chi connectivity index (χ0v) is 7.09. The molecule has 3 N–H and O–H groups in total. The van der Waals surface area contributed by atoms with Crippen molar-refractivity contribution < 1.29 is 23.0 Å². The summed E-state index contributed by atoms with van der Waals surface area (Å²) < 4.78 is 39.0. The van der Waals surface area contributed by atoms with E-state index in [4.69, 9.17) is 10.8 Å². The molecule has 0 saturated heterocycles. The van der Waals surface area contributed by atoms with E-state index in [1.807, 2.05) is 0 Å². The van der Waals surface area contributed by atoms with Crippen molar-refractivity contribution >= 4 is 5.82 Å². The summed E-state index contributed by atoms with van der Waals surface area (Å²) in [6.45, 7) is 1.24. The smallest absolute Gasteiger partial charge is 0.504 e. The molecule has 0 aliphatic heterocycles. The number of aromatic nitrogens is 1. The fraction of sp³-hybridized carbons (Fsp3) is 0.286. The third kappa shape index (κ3) is 2.18. The Morgan fingerprint density at radius 3 is 2.57 bits per heavy atom. The van der Waals surface area contributed by atoms with E-state index in [0.29, 0.717) is 0 Å². The summed E-state index contributed by atoms with van der Waals surface area (Å²) in [4.78, 5) is 3.33. The van der Waals surface area contributed by atoms with Crippen LogP contribution >= 0.6 is 0 Å². The highest BCUT2D eigenvalue weighted by Crippen LogP contribution is 2.32. The minimum Gasteiger partial charge on any atom is -0.504 e. The first-order valence-corrected chi connectivity index (χ1v) is 3.51. The second kappa shape index (κ2) is 3.24. The van der Waals surface area contributed by atoms with Gasteiger partial charge in [0.2, 0.25) is 0 Å². The third-order valence-corrected chi connectivity index (χ3v) is 1.51. The maximum absolute atomic E-state index is 11.8. The number of nitrogens with two attached hydrogens (primary N) is 1. The van der Waals surface area contributed by atoms with E-state index in [-0.39, 0.29) is 11.4 Å². The van der Waals surface area contributed by atoms with Crippen LogP contribution < -0.4 is 10.5 Å². The Bertz CT molecular complexity index is 352. The Morgan fingerprint density at radius 2 is 2.07 bits per heavy atom. The summed E-state index contributed by atoms with van der Waals surface area (Å²) in [7, 11) is 0. The number of aromatic hydroxyl groups is 1. The monoisotopic (exact) mass is 208 g/mol. The molecule has 4 nitrogen and oxygen atoms in total. The van der Waals surface area contributed by atoms with Crippen molar-refractivity contribution in [2.24, 2.45) is 0 Å². The zero-order valence-electron chi connectivity index (χ0n) is 7.09. The number of hydrogen-bond acceptors (Lipinski definition) is 4. The van der Waals surface area contributed by atoms with Gasteiger partial charge in [-0.3, -0.25) is 0 Å². The number of anilines is 1. The summed E-state index contributed by atoms with van der Waals surface area (Å²) in [5, 5.41) is 9.15. The molecule has 0 unspecified atom stereocenters. The highest BCUT2D eigenvalue weighted by molar-refractivity contribution is 5.54. The Balaban J connectivity index is 3.06. The average Bonchev–Trinajstić information content (AvgIpc) is 2.04. The normalized spacial score (nSPS) is 11.4. The lowest BCUT2D eigenvalue weighted by atomic mass is 10.2. The summed E-state index contributed by atoms with van der Waals surface area (Å²) >= 11 is 0. The lowest BCUT2D eigenvalue weighted by Gasteiger charge is -2.12. The Hall–Kier alpha value is -1.66. The van der Waals surface area contributed by atoms with Crippen molar-refractivity contribution in [2.45, 2.75) is 13.3 Å². The molecule has 14 heavy (non-hydrogen) atoms. The quantitative estimate of drug-likeness (QED) is 0.735. The summed E-state index contributed by atoms with van der Waals surface area (Å²) in [6, 6.07) is 0. The third-order valence-electron chi connectivity index (χ3n) is 1.51. The van der Waals surface area contributed by atoms with Gasteiger partial charge in [0.05, 0.1) is 6.20 Å². The largest absolute Gasteiger partial charge is 0.573 e. The molecule has 1 heterocycles. The van der Waals surface area contributed by atoms with Crippen molar-refractivity contribution in [3.8, 4) is 11.5 Å². The minimum absolute atomic E-state index is 0.102. The van der Waals surface area contributed by atoms with Crippen LogP contribution in [-0.2, 0) is 0 Å². The number of nitrogen functional groups attached to an aromatic ring is 1. The molecule has 1 aromatic rings. The summed E-state index contributed by atoms with van der Waals surface area (Å²) in [5.41, 5.74) is 5.05. The first kappa shape index (κ1) is 10.4. The van der Waals surface area contributed by atoms with Crippen LogP contribution in [0, 0.1) is 6.92 Å². The van der Waals surface area contributed by atoms with E-state index >= 15 is 0 Å². The Labute approximate surface area is 77.1 Å². The van der Waals surface area contributed by atoms with Gasteiger partial charge in [-0.1, -0.05) is 0 Å². The second-order valence-corrected chi connectivity index (χ2v) is 2.53. The number of hydrogen-bond donors (Lipinski definition) is 2. The number of alkyl halides is 3. The van der Waals surface area contributed by atoms with Crippen LogP contribution in [0.5, 0.6) is 11.5 Å². The van der Waals surface area contributed by atoms with Crippen LogP contribution in [0.3, 0.4) is 0 Å². The van der Waals surface area contributed by atoms with E-state index in [1.54, 1.807) is 0 Å². The van der Waals surface area contributed by atoms with Crippen molar-refractivity contribution in [2.75, 3.05) is 5.73 Å². The molecular formula is C7H7F3N2O2. The second-order valence-electron chi connectivity index (χ2n) is 2.53. The number of rotatable bonds is 1. The standard InChI is InChI=1S/C7H7F3N2O2/c1-3-4(14-7(8,9)10)2-12-6(11)5(3)13/h2,13H,1H3,(H2,11,12). The van der Waals surface area contributed by atoms with Crippen LogP contribution in [-0.4, -0.2) is 16.5 Å². The van der Waals surface area contributed by atoms with Crippen LogP contribution in [0.25, 0.3) is 0 Å². The number of nitrogens with zero attached hydrogens (tertiary/aromatic N) is 1. The van der Waals surface area contributed by atoms with Gasteiger partial charge in [-0.25, -0.2) is 4.98 Å². The zero-order chi connectivity index (χ0) is 10.9. The fourth-order valence-corrected chi connectivity index (χ4v) is 0.823. The molecule has 0 aliphatic rings. The van der Waals surface area contributed by atoms with E-state index < -0.39 is 17.9 Å². The van der Waals surface area contributed by atoms with E-state index in [2.05, 4.69) is 9.72 Å². The number of pyridine rings is 1. The molecule has 0 radical (unpaired) electrons. The van der Waals surface area contributed by atoms with Crippen LogP contribution in [0.15, 0.2) is 6.20 Å². The maximum Gasteiger partial charge on any atom is 0.573 e. The number of halogens is 3. The molecule has 0 fully saturated rings. The number of ether oxygens (including phenoxy) is 1. The first-order valence-electron chi connectivity index (χ1n) is 3.51. The lowest BCUT2D eigenvalue weighted by Crippen LogP contribution is -2.18. The van der Waals surface area contributed by atoms with Gasteiger partial charge in [0, 0.05) is 5.56 Å². The molecule has 0 atom stereocenters. The topological polar surface area (TPSA) is 68.4 Å². The first-order chi connectivity index (χ1) is 6.31. The molecule has 0 aliphatic carbocycles. The molecule has 0 amide bonds. The van der Waals surface area contributed by atoms with Crippen molar-refractivity contribution in [3.05, 3.63) is 11.8 Å². The van der Waals surface area contributed by atoms with Gasteiger partial charge < -0.3 is 15.6 Å². The Kier molecular flexibility index (Phi) is 2.41. The maximum atomic E-state index is 11.8. The van der Waals surface area contributed by atoms with Gasteiger partial charge in [-0.15, -0.1) is 13.2 Å². The highest BCUT2D eigenvalue weighted by Gasteiger charge is 2.32.